The second kappa shape index (κ2) is 4.35. The molecule has 0 aromatic heterocycles. The number of nitrogens with zero attached hydrogens (tertiary/aromatic N) is 1. The molecule has 0 heterocycles. The number of hydrogen-bond acceptors (Lipinski definition) is 3. The van der Waals surface area contributed by atoms with E-state index in [4.69, 9.17) is 5.11 Å². The Morgan fingerprint density at radius 2 is 2.44 bits per heavy atom. The number of hydrogen-bond donors (Lipinski definition) is 2. The first-order valence-corrected chi connectivity index (χ1v) is 3.91. The SMILES string of the molecule is CN(I)C(CS)C(=O)O. The molecule has 3 nitrogen and oxygen atoms in total. The highest BCUT2D eigenvalue weighted by Gasteiger charge is 2.17. The summed E-state index contributed by atoms with van der Waals surface area (Å²) in [5, 5.41) is 8.45. The van der Waals surface area contributed by atoms with Crippen LogP contribution in [0, 0.1) is 0 Å². The van der Waals surface area contributed by atoms with Crippen LogP contribution >= 0.6 is 35.5 Å². The topological polar surface area (TPSA) is 40.5 Å². The molecule has 0 aromatic rings. The normalized spacial score (nSPS) is 13.8. The van der Waals surface area contributed by atoms with Gasteiger partial charge in [-0.15, -0.1) is 0 Å². The van der Waals surface area contributed by atoms with Gasteiger partial charge in [0.1, 0.15) is 6.04 Å². The van der Waals surface area contributed by atoms with Crippen LogP contribution in [0.15, 0.2) is 0 Å². The Morgan fingerprint density at radius 3 is 2.44 bits per heavy atom. The molecule has 1 atom stereocenters. The zero-order valence-electron chi connectivity index (χ0n) is 4.91. The number of likely N-dealkylation sites (N-methyl/N-ethyl adjacent to an activating group) is 1. The minimum Gasteiger partial charge on any atom is -0.480 e. The third-order valence-electron chi connectivity index (χ3n) is 0.887. The van der Waals surface area contributed by atoms with Crippen molar-refractivity contribution in [2.75, 3.05) is 12.8 Å². The van der Waals surface area contributed by atoms with Crippen LogP contribution in [0.3, 0.4) is 0 Å². The summed E-state index contributed by atoms with van der Waals surface area (Å²) < 4.78 is 1.59. The Labute approximate surface area is 73.3 Å². The van der Waals surface area contributed by atoms with Crippen molar-refractivity contribution in [1.82, 2.24) is 3.11 Å². The predicted molar refractivity (Wildman–Crippen MR) is 47.1 cm³/mol. The zero-order chi connectivity index (χ0) is 7.44. The highest BCUT2D eigenvalue weighted by Crippen LogP contribution is 2.04. The summed E-state index contributed by atoms with van der Waals surface area (Å²) in [6.45, 7) is 0. The van der Waals surface area contributed by atoms with E-state index < -0.39 is 12.0 Å². The van der Waals surface area contributed by atoms with Crippen molar-refractivity contribution in [2.24, 2.45) is 0 Å². The fourth-order valence-electron chi connectivity index (χ4n) is 0.343. The molecule has 0 saturated heterocycles. The van der Waals surface area contributed by atoms with Crippen LogP contribution < -0.4 is 0 Å². The van der Waals surface area contributed by atoms with Crippen LogP contribution in [0.2, 0.25) is 0 Å². The molecule has 1 N–H and O–H groups in total. The van der Waals surface area contributed by atoms with Gasteiger partial charge in [-0.25, -0.2) is 3.11 Å². The minimum absolute atomic E-state index is 0.342. The summed E-state index contributed by atoms with van der Waals surface area (Å²) in [5.41, 5.74) is 0. The lowest BCUT2D eigenvalue weighted by Crippen LogP contribution is -2.33. The number of rotatable bonds is 3. The van der Waals surface area contributed by atoms with E-state index in [2.05, 4.69) is 12.6 Å². The van der Waals surface area contributed by atoms with E-state index in [1.54, 1.807) is 10.2 Å². The predicted octanol–water partition coefficient (Wildman–Crippen LogP) is 0.651. The number of aliphatic carboxylic acids is 1. The van der Waals surface area contributed by atoms with Crippen LogP contribution in [-0.4, -0.2) is 33.0 Å². The third kappa shape index (κ3) is 3.27. The Bertz CT molecular complexity index is 109. The minimum atomic E-state index is -0.832. The van der Waals surface area contributed by atoms with Gasteiger partial charge in [0.05, 0.1) is 0 Å². The first kappa shape index (κ1) is 9.51. The monoisotopic (exact) mass is 261 g/mol. The molecule has 0 spiro atoms. The second-order valence-corrected chi connectivity index (χ2v) is 3.45. The van der Waals surface area contributed by atoms with Crippen molar-refractivity contribution in [3.63, 3.8) is 0 Å². The summed E-state index contributed by atoms with van der Waals surface area (Å²) in [4.78, 5) is 10.3. The van der Waals surface area contributed by atoms with Gasteiger partial charge >= 0.3 is 5.97 Å². The molecule has 0 rings (SSSR count). The molecule has 0 aliphatic rings. The molecule has 0 radical (unpaired) electrons. The van der Waals surface area contributed by atoms with Gasteiger partial charge in [0.2, 0.25) is 0 Å². The van der Waals surface area contributed by atoms with Crippen molar-refractivity contribution >= 4 is 41.5 Å². The number of carbonyl (C=O) groups is 1. The summed E-state index contributed by atoms with van der Waals surface area (Å²) in [7, 11) is 1.70. The Hall–Kier alpha value is 0.510. The second-order valence-electron chi connectivity index (χ2n) is 1.56. The molecular formula is C4H8INO2S. The van der Waals surface area contributed by atoms with Crippen molar-refractivity contribution in [3.05, 3.63) is 0 Å². The first-order chi connectivity index (χ1) is 4.09. The molecule has 0 aliphatic heterocycles. The summed E-state index contributed by atoms with van der Waals surface area (Å²) in [6.07, 6.45) is 0. The molecular weight excluding hydrogens is 253 g/mol. The number of carboxylic acid groups (broad SMARTS) is 1. The van der Waals surface area contributed by atoms with E-state index >= 15 is 0 Å². The van der Waals surface area contributed by atoms with E-state index in [1.165, 1.54) is 0 Å². The van der Waals surface area contributed by atoms with Gasteiger partial charge in [0.25, 0.3) is 0 Å². The van der Waals surface area contributed by atoms with E-state index in [0.717, 1.165) is 0 Å². The molecule has 0 aromatic carbocycles. The van der Waals surface area contributed by atoms with E-state index in [1.807, 2.05) is 22.9 Å². The van der Waals surface area contributed by atoms with Crippen molar-refractivity contribution in [2.45, 2.75) is 6.04 Å². The van der Waals surface area contributed by atoms with Crippen molar-refractivity contribution in [3.8, 4) is 0 Å². The van der Waals surface area contributed by atoms with Gasteiger partial charge in [-0.3, -0.25) is 4.79 Å². The average molecular weight is 261 g/mol. The highest BCUT2D eigenvalue weighted by molar-refractivity contribution is 14.1. The highest BCUT2D eigenvalue weighted by atomic mass is 127. The van der Waals surface area contributed by atoms with Gasteiger partial charge in [-0.1, -0.05) is 0 Å². The molecule has 0 amide bonds. The maximum absolute atomic E-state index is 10.3. The largest absolute Gasteiger partial charge is 0.480 e. The summed E-state index contributed by atoms with van der Waals surface area (Å²) in [6, 6.07) is -0.478. The zero-order valence-corrected chi connectivity index (χ0v) is 7.96. The van der Waals surface area contributed by atoms with E-state index in [0.29, 0.717) is 5.75 Å². The summed E-state index contributed by atoms with van der Waals surface area (Å²) in [5.74, 6) is -0.490. The number of halogens is 1. The molecule has 0 bridgehead atoms. The molecule has 1 unspecified atom stereocenters. The van der Waals surface area contributed by atoms with Crippen LogP contribution in [0.1, 0.15) is 0 Å². The number of thiol groups is 1. The van der Waals surface area contributed by atoms with Gasteiger partial charge in [-0.05, 0) is 7.05 Å². The lowest BCUT2D eigenvalue weighted by molar-refractivity contribution is -0.139. The first-order valence-electron chi connectivity index (χ1n) is 2.32. The van der Waals surface area contributed by atoms with Gasteiger partial charge in [0, 0.05) is 28.6 Å². The standard InChI is InChI=1S/C4H8INO2S/c1-6(5)3(2-9)4(7)8/h3,9H,2H2,1H3,(H,7,8). The van der Waals surface area contributed by atoms with Gasteiger partial charge in [-0.2, -0.15) is 12.6 Å². The number of carboxylic acids is 1. The van der Waals surface area contributed by atoms with Crippen LogP contribution in [-0.2, 0) is 4.79 Å². The third-order valence-corrected chi connectivity index (χ3v) is 1.91. The fourth-order valence-corrected chi connectivity index (χ4v) is 1.49. The average Bonchev–Trinajstić information content (AvgIpc) is 1.64. The Kier molecular flexibility index (Phi) is 4.59. The molecule has 0 saturated carbocycles. The van der Waals surface area contributed by atoms with E-state index in [9.17, 15) is 4.79 Å². The molecule has 5 heteroatoms. The van der Waals surface area contributed by atoms with E-state index in [-0.39, 0.29) is 0 Å². The van der Waals surface area contributed by atoms with Crippen LogP contribution in [0.4, 0.5) is 0 Å². The van der Waals surface area contributed by atoms with Gasteiger partial charge in [0.15, 0.2) is 0 Å². The molecule has 9 heavy (non-hydrogen) atoms. The maximum Gasteiger partial charge on any atom is 0.322 e. The Morgan fingerprint density at radius 1 is 2.00 bits per heavy atom. The smallest absolute Gasteiger partial charge is 0.322 e. The van der Waals surface area contributed by atoms with Crippen molar-refractivity contribution in [1.29, 1.82) is 0 Å². The maximum atomic E-state index is 10.3. The van der Waals surface area contributed by atoms with Crippen LogP contribution in [0.5, 0.6) is 0 Å². The molecule has 0 aliphatic carbocycles. The lowest BCUT2D eigenvalue weighted by atomic mass is 10.3. The van der Waals surface area contributed by atoms with Gasteiger partial charge < -0.3 is 5.11 Å². The summed E-state index contributed by atoms with van der Waals surface area (Å²) >= 11 is 5.79. The fraction of sp³-hybridized carbons (Fsp3) is 0.750. The lowest BCUT2D eigenvalue weighted by Gasteiger charge is -2.14. The molecule has 0 fully saturated rings. The van der Waals surface area contributed by atoms with Crippen molar-refractivity contribution < 1.29 is 9.90 Å². The Balaban J connectivity index is 3.83. The van der Waals surface area contributed by atoms with Crippen LogP contribution in [0.25, 0.3) is 0 Å². The quantitative estimate of drug-likeness (QED) is 0.445. The molecule has 54 valence electrons.